The van der Waals surface area contributed by atoms with Gasteiger partial charge in [-0.05, 0) is 37.5 Å². The third-order valence-corrected chi connectivity index (χ3v) is 3.43. The van der Waals surface area contributed by atoms with Gasteiger partial charge in [0.1, 0.15) is 0 Å². The van der Waals surface area contributed by atoms with Crippen LogP contribution in [0.3, 0.4) is 0 Å². The molecule has 20 heavy (non-hydrogen) atoms. The lowest BCUT2D eigenvalue weighted by Crippen LogP contribution is -2.42. The Balaban J connectivity index is 2.30. The molecule has 0 aromatic heterocycles. The number of benzene rings is 1. The fraction of sp³-hybridized carbons (Fsp3) is 0.467. The Labute approximate surface area is 118 Å². The van der Waals surface area contributed by atoms with Crippen molar-refractivity contribution in [3.63, 3.8) is 0 Å². The highest BCUT2D eigenvalue weighted by Crippen LogP contribution is 2.27. The fourth-order valence-electron chi connectivity index (χ4n) is 2.44. The summed E-state index contributed by atoms with van der Waals surface area (Å²) in [6.45, 7) is 2.65. The minimum atomic E-state index is -0.664. The lowest BCUT2D eigenvalue weighted by molar-refractivity contribution is -0.156. The van der Waals surface area contributed by atoms with E-state index in [-0.39, 0.29) is 11.9 Å². The number of carbonyl (C=O) groups is 2. The lowest BCUT2D eigenvalue weighted by Gasteiger charge is -2.33. The lowest BCUT2D eigenvalue weighted by atomic mass is 10.0. The molecule has 5 heteroatoms. The van der Waals surface area contributed by atoms with Crippen LogP contribution < -0.4 is 5.73 Å². The van der Waals surface area contributed by atoms with Crippen molar-refractivity contribution < 1.29 is 14.3 Å². The average molecular weight is 276 g/mol. The average Bonchev–Trinajstić information content (AvgIpc) is 2.44. The zero-order chi connectivity index (χ0) is 14.5. The molecule has 0 spiro atoms. The maximum atomic E-state index is 12.2. The van der Waals surface area contributed by atoms with E-state index in [1.165, 1.54) is 0 Å². The summed E-state index contributed by atoms with van der Waals surface area (Å²) in [5.74, 6) is -0.376. The maximum absolute atomic E-state index is 12.2. The third-order valence-electron chi connectivity index (χ3n) is 3.43. The maximum Gasteiger partial charge on any atom is 0.333 e. The normalized spacial score (nSPS) is 16.9. The number of rotatable bonds is 4. The molecule has 5 nitrogen and oxygen atoms in total. The van der Waals surface area contributed by atoms with Gasteiger partial charge in [-0.25, -0.2) is 4.79 Å². The third kappa shape index (κ3) is 3.10. The minimum Gasteiger partial charge on any atom is -0.464 e. The molecule has 2 N–H and O–H groups in total. The molecule has 1 fully saturated rings. The van der Waals surface area contributed by atoms with Crippen LogP contribution in [0.1, 0.15) is 37.8 Å². The summed E-state index contributed by atoms with van der Waals surface area (Å²) in [4.78, 5) is 25.9. The molecule has 0 radical (unpaired) electrons. The van der Waals surface area contributed by atoms with Gasteiger partial charge in [-0.3, -0.25) is 4.79 Å². The van der Waals surface area contributed by atoms with Gasteiger partial charge in [-0.15, -0.1) is 0 Å². The smallest absolute Gasteiger partial charge is 0.333 e. The number of hydrogen-bond acceptors (Lipinski definition) is 4. The largest absolute Gasteiger partial charge is 0.464 e. The number of nitrogens with zero attached hydrogens (tertiary/aromatic N) is 1. The van der Waals surface area contributed by atoms with E-state index in [2.05, 4.69) is 0 Å². The molecule has 1 aromatic carbocycles. The highest BCUT2D eigenvalue weighted by molar-refractivity contribution is 5.86. The molecule has 1 aliphatic rings. The first kappa shape index (κ1) is 14.4. The summed E-state index contributed by atoms with van der Waals surface area (Å²) in [6.07, 6.45) is 2.29. The summed E-state index contributed by atoms with van der Waals surface area (Å²) < 4.78 is 5.13. The van der Waals surface area contributed by atoms with Gasteiger partial charge in [-0.1, -0.05) is 12.1 Å². The summed E-state index contributed by atoms with van der Waals surface area (Å²) in [5, 5.41) is 0. The number of esters is 1. The second kappa shape index (κ2) is 6.41. The van der Waals surface area contributed by atoms with Crippen LogP contribution in [0.4, 0.5) is 5.69 Å². The Bertz CT molecular complexity index is 484. The molecule has 1 atom stereocenters. The summed E-state index contributed by atoms with van der Waals surface area (Å²) >= 11 is 0. The van der Waals surface area contributed by atoms with Crippen molar-refractivity contribution in [2.45, 2.75) is 32.2 Å². The summed E-state index contributed by atoms with van der Waals surface area (Å²) in [7, 11) is 0. The van der Waals surface area contributed by atoms with E-state index in [1.54, 1.807) is 36.1 Å². The molecule has 0 unspecified atom stereocenters. The number of nitrogens with two attached hydrogens (primary N) is 1. The fourth-order valence-corrected chi connectivity index (χ4v) is 2.44. The van der Waals surface area contributed by atoms with Gasteiger partial charge in [0.05, 0.1) is 6.61 Å². The van der Waals surface area contributed by atoms with Crippen LogP contribution >= 0.6 is 0 Å². The van der Waals surface area contributed by atoms with Crippen molar-refractivity contribution in [2.75, 3.05) is 18.9 Å². The topological polar surface area (TPSA) is 72.6 Å². The quantitative estimate of drug-likeness (QED) is 0.673. The van der Waals surface area contributed by atoms with Crippen LogP contribution in [0.5, 0.6) is 0 Å². The summed E-state index contributed by atoms with van der Waals surface area (Å²) in [6, 6.07) is 6.35. The SMILES string of the molecule is CCOC(=O)[C@@H](c1ccc(N)cc1)N1CCCCC1=O. The summed E-state index contributed by atoms with van der Waals surface area (Å²) in [5.41, 5.74) is 7.04. The number of likely N-dealkylation sites (tertiary alicyclic amines) is 1. The van der Waals surface area contributed by atoms with Gasteiger partial charge in [0.15, 0.2) is 6.04 Å². The Morgan fingerprint density at radius 3 is 2.65 bits per heavy atom. The molecule has 1 saturated heterocycles. The van der Waals surface area contributed by atoms with Crippen LogP contribution in [-0.2, 0) is 14.3 Å². The molecule has 1 aromatic rings. The standard InChI is InChI=1S/C15H20N2O3/c1-2-20-15(19)14(11-6-8-12(16)9-7-11)17-10-4-3-5-13(17)18/h6-9,14H,2-5,10,16H2,1H3/t14-/m1/s1. The van der Waals surface area contributed by atoms with Gasteiger partial charge in [-0.2, -0.15) is 0 Å². The Morgan fingerprint density at radius 2 is 2.05 bits per heavy atom. The van der Waals surface area contributed by atoms with Crippen molar-refractivity contribution in [1.29, 1.82) is 0 Å². The predicted molar refractivity (Wildman–Crippen MR) is 75.8 cm³/mol. The second-order valence-electron chi connectivity index (χ2n) is 4.87. The van der Waals surface area contributed by atoms with Gasteiger partial charge in [0.2, 0.25) is 5.91 Å². The number of amides is 1. The highest BCUT2D eigenvalue weighted by atomic mass is 16.5. The molecular formula is C15H20N2O3. The minimum absolute atomic E-state index is 0.00567. The molecule has 1 amide bonds. The predicted octanol–water partition coefficient (Wildman–Crippen LogP) is 1.89. The molecule has 2 rings (SSSR count). The van der Waals surface area contributed by atoms with Crippen LogP contribution in [0.2, 0.25) is 0 Å². The van der Waals surface area contributed by atoms with Crippen molar-refractivity contribution in [2.24, 2.45) is 0 Å². The Hall–Kier alpha value is -2.04. The molecule has 1 heterocycles. The zero-order valence-corrected chi connectivity index (χ0v) is 11.7. The molecule has 0 saturated carbocycles. The number of hydrogen-bond donors (Lipinski definition) is 1. The van der Waals surface area contributed by atoms with Gasteiger partial charge >= 0.3 is 5.97 Å². The van der Waals surface area contributed by atoms with E-state index in [9.17, 15) is 9.59 Å². The number of anilines is 1. The highest BCUT2D eigenvalue weighted by Gasteiger charge is 2.33. The molecule has 108 valence electrons. The van der Waals surface area contributed by atoms with Crippen molar-refractivity contribution in [3.8, 4) is 0 Å². The second-order valence-corrected chi connectivity index (χ2v) is 4.87. The first-order valence-corrected chi connectivity index (χ1v) is 6.95. The van der Waals surface area contributed by atoms with Crippen LogP contribution in [0.25, 0.3) is 0 Å². The van der Waals surface area contributed by atoms with E-state index in [1.807, 2.05) is 0 Å². The number of carbonyl (C=O) groups excluding carboxylic acids is 2. The van der Waals surface area contributed by atoms with Crippen molar-refractivity contribution in [1.82, 2.24) is 4.90 Å². The van der Waals surface area contributed by atoms with E-state index in [4.69, 9.17) is 10.5 Å². The van der Waals surface area contributed by atoms with Crippen LogP contribution in [0, 0.1) is 0 Å². The van der Waals surface area contributed by atoms with Crippen LogP contribution in [-0.4, -0.2) is 29.9 Å². The first-order valence-electron chi connectivity index (χ1n) is 6.95. The van der Waals surface area contributed by atoms with Gasteiger partial charge in [0.25, 0.3) is 0 Å². The molecular weight excluding hydrogens is 256 g/mol. The van der Waals surface area contributed by atoms with Crippen LogP contribution in [0.15, 0.2) is 24.3 Å². The first-order chi connectivity index (χ1) is 9.63. The van der Waals surface area contributed by atoms with E-state index < -0.39 is 6.04 Å². The van der Waals surface area contributed by atoms with Crippen molar-refractivity contribution in [3.05, 3.63) is 29.8 Å². The number of ether oxygens (including phenoxy) is 1. The van der Waals surface area contributed by atoms with E-state index in [0.717, 1.165) is 18.4 Å². The van der Waals surface area contributed by atoms with Gasteiger partial charge in [0, 0.05) is 18.7 Å². The molecule has 1 aliphatic heterocycles. The monoisotopic (exact) mass is 276 g/mol. The number of nitrogen functional groups attached to an aromatic ring is 1. The Kier molecular flexibility index (Phi) is 4.61. The van der Waals surface area contributed by atoms with E-state index in [0.29, 0.717) is 25.3 Å². The Morgan fingerprint density at radius 1 is 1.35 bits per heavy atom. The van der Waals surface area contributed by atoms with Crippen molar-refractivity contribution >= 4 is 17.6 Å². The molecule has 0 aliphatic carbocycles. The zero-order valence-electron chi connectivity index (χ0n) is 11.7. The van der Waals surface area contributed by atoms with Gasteiger partial charge < -0.3 is 15.4 Å². The number of piperidine rings is 1. The molecule has 0 bridgehead atoms. The van der Waals surface area contributed by atoms with E-state index >= 15 is 0 Å².